The van der Waals surface area contributed by atoms with Crippen LogP contribution in [-0.4, -0.2) is 12.2 Å². The molecule has 0 aromatic carbocycles. The molecule has 0 aliphatic carbocycles. The van der Waals surface area contributed by atoms with Gasteiger partial charge in [0.1, 0.15) is 5.78 Å². The lowest BCUT2D eigenvalue weighted by atomic mass is 10.4. The van der Waals surface area contributed by atoms with E-state index in [1.807, 2.05) is 6.92 Å². The van der Waals surface area contributed by atoms with E-state index in [9.17, 15) is 4.79 Å². The molecule has 0 aromatic heterocycles. The summed E-state index contributed by atoms with van der Waals surface area (Å²) >= 11 is 0. The molecule has 0 aromatic rings. The van der Waals surface area contributed by atoms with E-state index in [4.69, 9.17) is 4.79 Å². The minimum atomic E-state index is 0.250. The SMILES string of the molecule is CCC(C)=O.NC=O. The molecule has 0 fully saturated rings. The van der Waals surface area contributed by atoms with E-state index < -0.39 is 0 Å². The highest BCUT2D eigenvalue weighted by atomic mass is 16.1. The Morgan fingerprint density at radius 2 is 1.88 bits per heavy atom. The number of rotatable bonds is 1. The molecule has 0 aliphatic heterocycles. The fourth-order valence-electron chi connectivity index (χ4n) is 0. The second-order valence-electron chi connectivity index (χ2n) is 1.19. The minimum Gasteiger partial charge on any atom is -0.372 e. The standard InChI is InChI=1S/C4H8O.CH3NO/c1-3-4(2)5;2-1-3/h3H2,1-2H3;1H,(H2,2,3). The lowest BCUT2D eigenvalue weighted by Gasteiger charge is -1.71. The van der Waals surface area contributed by atoms with Gasteiger partial charge >= 0.3 is 0 Å². The lowest BCUT2D eigenvalue weighted by Crippen LogP contribution is -1.82. The van der Waals surface area contributed by atoms with E-state index in [0.29, 0.717) is 6.42 Å². The number of ketones is 1. The average molecular weight is 117 g/mol. The Labute approximate surface area is 48.9 Å². The number of hydrogen-bond acceptors (Lipinski definition) is 2. The summed E-state index contributed by atoms with van der Waals surface area (Å²) < 4.78 is 0. The Morgan fingerprint density at radius 3 is 1.88 bits per heavy atom. The molecule has 0 aliphatic rings. The van der Waals surface area contributed by atoms with Gasteiger partial charge in [0.2, 0.25) is 6.41 Å². The van der Waals surface area contributed by atoms with Crippen LogP contribution in [-0.2, 0) is 9.59 Å². The molecule has 0 atom stereocenters. The Hall–Kier alpha value is -0.860. The zero-order valence-corrected chi connectivity index (χ0v) is 5.18. The van der Waals surface area contributed by atoms with E-state index >= 15 is 0 Å². The van der Waals surface area contributed by atoms with Crippen LogP contribution in [0.4, 0.5) is 0 Å². The molecule has 0 rings (SSSR count). The van der Waals surface area contributed by atoms with Gasteiger partial charge in [0, 0.05) is 6.42 Å². The first-order valence-corrected chi connectivity index (χ1v) is 2.33. The van der Waals surface area contributed by atoms with Crippen LogP contribution in [0.1, 0.15) is 20.3 Å². The van der Waals surface area contributed by atoms with Gasteiger partial charge in [0.15, 0.2) is 0 Å². The summed E-state index contributed by atoms with van der Waals surface area (Å²) in [7, 11) is 0. The average Bonchev–Trinajstić information content (AvgIpc) is 1.69. The van der Waals surface area contributed by atoms with Crippen molar-refractivity contribution in [2.75, 3.05) is 0 Å². The van der Waals surface area contributed by atoms with Crippen LogP contribution in [0.2, 0.25) is 0 Å². The van der Waals surface area contributed by atoms with Gasteiger partial charge in [0.05, 0.1) is 0 Å². The molecule has 8 heavy (non-hydrogen) atoms. The van der Waals surface area contributed by atoms with Gasteiger partial charge in [-0.2, -0.15) is 0 Å². The number of amides is 1. The van der Waals surface area contributed by atoms with Crippen molar-refractivity contribution in [3.63, 3.8) is 0 Å². The number of Topliss-reactive ketones (excluding diaryl/α,β-unsaturated/α-hetero) is 1. The first-order valence-electron chi connectivity index (χ1n) is 2.33. The topological polar surface area (TPSA) is 60.2 Å². The number of primary amides is 1. The summed E-state index contributed by atoms with van der Waals surface area (Å²) in [5.74, 6) is 0.255. The molecule has 1 amide bonds. The highest BCUT2D eigenvalue weighted by Gasteiger charge is 1.76. The molecular weight excluding hydrogens is 106 g/mol. The van der Waals surface area contributed by atoms with Crippen molar-refractivity contribution in [2.45, 2.75) is 20.3 Å². The molecule has 0 heterocycles. The third-order valence-corrected chi connectivity index (χ3v) is 0.498. The van der Waals surface area contributed by atoms with Crippen LogP contribution in [0.15, 0.2) is 0 Å². The summed E-state index contributed by atoms with van der Waals surface area (Å²) in [6.07, 6.45) is 0.917. The third kappa shape index (κ3) is 67.8. The predicted molar refractivity (Wildman–Crippen MR) is 31.2 cm³/mol. The van der Waals surface area contributed by atoms with Crippen molar-refractivity contribution in [3.05, 3.63) is 0 Å². The number of carbonyl (C=O) groups is 2. The maximum Gasteiger partial charge on any atom is 0.204 e. The van der Waals surface area contributed by atoms with Gasteiger partial charge in [-0.1, -0.05) is 6.92 Å². The van der Waals surface area contributed by atoms with Crippen LogP contribution >= 0.6 is 0 Å². The molecular formula is C5H11NO2. The molecule has 3 nitrogen and oxygen atoms in total. The summed E-state index contributed by atoms with van der Waals surface area (Å²) in [5.41, 5.74) is 4.17. The quantitative estimate of drug-likeness (QED) is 0.494. The maximum absolute atomic E-state index is 9.81. The molecule has 0 radical (unpaired) electrons. The number of nitrogens with two attached hydrogens (primary N) is 1. The molecule has 0 saturated heterocycles. The normalized spacial score (nSPS) is 6.25. The lowest BCUT2D eigenvalue weighted by molar-refractivity contribution is -0.116. The van der Waals surface area contributed by atoms with Crippen molar-refractivity contribution < 1.29 is 9.59 Å². The number of hydrogen-bond donors (Lipinski definition) is 1. The van der Waals surface area contributed by atoms with Gasteiger partial charge < -0.3 is 10.5 Å². The van der Waals surface area contributed by atoms with Gasteiger partial charge in [-0.25, -0.2) is 0 Å². The smallest absolute Gasteiger partial charge is 0.204 e. The highest BCUT2D eigenvalue weighted by molar-refractivity contribution is 5.74. The van der Waals surface area contributed by atoms with Gasteiger partial charge in [0.25, 0.3) is 0 Å². The van der Waals surface area contributed by atoms with E-state index in [2.05, 4.69) is 5.73 Å². The summed E-state index contributed by atoms with van der Waals surface area (Å²) in [4.78, 5) is 18.4. The van der Waals surface area contributed by atoms with Gasteiger partial charge in [-0.15, -0.1) is 0 Å². The first-order chi connectivity index (χ1) is 3.68. The molecule has 0 saturated carbocycles. The summed E-state index contributed by atoms with van der Waals surface area (Å²) in [5, 5.41) is 0. The van der Waals surface area contributed by atoms with Crippen molar-refractivity contribution in [1.82, 2.24) is 0 Å². The predicted octanol–water partition coefficient (Wildman–Crippen LogP) is 0.0869. The van der Waals surface area contributed by atoms with Crippen LogP contribution in [0.3, 0.4) is 0 Å². The molecule has 48 valence electrons. The highest BCUT2D eigenvalue weighted by Crippen LogP contribution is 1.71. The van der Waals surface area contributed by atoms with E-state index in [-0.39, 0.29) is 12.2 Å². The Kier molecular flexibility index (Phi) is 12.1. The van der Waals surface area contributed by atoms with Crippen LogP contribution in [0, 0.1) is 0 Å². The second-order valence-corrected chi connectivity index (χ2v) is 1.19. The van der Waals surface area contributed by atoms with Crippen LogP contribution in [0.5, 0.6) is 0 Å². The minimum absolute atomic E-state index is 0.250. The fraction of sp³-hybridized carbons (Fsp3) is 0.600. The number of carbonyl (C=O) groups excluding carboxylic acids is 2. The molecule has 0 spiro atoms. The second kappa shape index (κ2) is 9.46. The Bertz CT molecular complexity index is 70.8. The van der Waals surface area contributed by atoms with Crippen molar-refractivity contribution in [3.8, 4) is 0 Å². The summed E-state index contributed by atoms with van der Waals surface area (Å²) in [6, 6.07) is 0. The van der Waals surface area contributed by atoms with Crippen molar-refractivity contribution in [2.24, 2.45) is 5.73 Å². The van der Waals surface area contributed by atoms with Gasteiger partial charge in [-0.05, 0) is 6.92 Å². The molecule has 0 bridgehead atoms. The molecule has 3 heteroatoms. The Balaban J connectivity index is 0. The van der Waals surface area contributed by atoms with Gasteiger partial charge in [-0.3, -0.25) is 4.79 Å². The maximum atomic E-state index is 9.81. The monoisotopic (exact) mass is 117 g/mol. The van der Waals surface area contributed by atoms with Crippen LogP contribution < -0.4 is 5.73 Å². The van der Waals surface area contributed by atoms with Crippen molar-refractivity contribution in [1.29, 1.82) is 0 Å². The van der Waals surface area contributed by atoms with E-state index in [1.54, 1.807) is 6.92 Å². The summed E-state index contributed by atoms with van der Waals surface area (Å²) in [6.45, 7) is 3.43. The molecule has 0 unspecified atom stereocenters. The first kappa shape index (κ1) is 10.2. The van der Waals surface area contributed by atoms with Crippen LogP contribution in [0.25, 0.3) is 0 Å². The zero-order chi connectivity index (χ0) is 6.99. The van der Waals surface area contributed by atoms with E-state index in [0.717, 1.165) is 0 Å². The van der Waals surface area contributed by atoms with E-state index in [1.165, 1.54) is 0 Å². The zero-order valence-electron chi connectivity index (χ0n) is 5.18. The largest absolute Gasteiger partial charge is 0.372 e. The Morgan fingerprint density at radius 1 is 1.75 bits per heavy atom. The van der Waals surface area contributed by atoms with Crippen molar-refractivity contribution >= 4 is 12.2 Å². The third-order valence-electron chi connectivity index (χ3n) is 0.498. The fourth-order valence-corrected chi connectivity index (χ4v) is 0. The molecule has 2 N–H and O–H groups in total.